The van der Waals surface area contributed by atoms with Crippen molar-refractivity contribution >= 4 is 34.8 Å². The van der Waals surface area contributed by atoms with Gasteiger partial charge in [-0.15, -0.1) is 0 Å². The van der Waals surface area contributed by atoms with Crippen molar-refractivity contribution in [3.8, 4) is 0 Å². The molecule has 0 saturated carbocycles. The van der Waals surface area contributed by atoms with Gasteiger partial charge in [-0.2, -0.15) is 0 Å². The zero-order chi connectivity index (χ0) is 19.7. The fourth-order valence-corrected chi connectivity index (χ4v) is 3.82. The number of unbranched alkanes of at least 4 members (excludes halogenated alkanes) is 2. The molecule has 0 atom stereocenters. The molecule has 3 heterocycles. The molecule has 0 radical (unpaired) electrons. The Bertz CT molecular complexity index is 1030. The number of nitrogens with zero attached hydrogens (tertiary/aromatic N) is 3. The number of carbonyl (C=O) groups excluding carboxylic acids is 1. The topological polar surface area (TPSA) is 61.9 Å². The van der Waals surface area contributed by atoms with E-state index in [-0.39, 0.29) is 5.91 Å². The second kappa shape index (κ2) is 7.23. The van der Waals surface area contributed by atoms with Crippen LogP contribution in [0.1, 0.15) is 57.0 Å². The van der Waals surface area contributed by atoms with Crippen molar-refractivity contribution in [2.75, 3.05) is 11.4 Å². The number of pyridine rings is 1. The molecule has 1 aliphatic heterocycles. The van der Waals surface area contributed by atoms with Gasteiger partial charge in [0.25, 0.3) is 0 Å². The molecule has 144 valence electrons. The highest BCUT2D eigenvalue weighted by Crippen LogP contribution is 2.43. The van der Waals surface area contributed by atoms with E-state index in [9.17, 15) is 4.79 Å². The number of aromatic amines is 1. The van der Waals surface area contributed by atoms with Crippen molar-refractivity contribution < 1.29 is 4.79 Å². The van der Waals surface area contributed by atoms with E-state index in [1.165, 1.54) is 0 Å². The summed E-state index contributed by atoms with van der Waals surface area (Å²) in [5, 5.41) is 0. The third-order valence-electron chi connectivity index (χ3n) is 5.46. The largest absolute Gasteiger partial charge is 0.338 e. The summed E-state index contributed by atoms with van der Waals surface area (Å²) in [6, 6.07) is 8.07. The molecule has 5 heteroatoms. The zero-order valence-electron chi connectivity index (χ0n) is 16.7. The number of amides is 1. The minimum atomic E-state index is -0.513. The van der Waals surface area contributed by atoms with Crippen LogP contribution in [-0.2, 0) is 10.2 Å². The van der Waals surface area contributed by atoms with E-state index in [4.69, 9.17) is 4.98 Å². The Kier molecular flexibility index (Phi) is 4.75. The van der Waals surface area contributed by atoms with E-state index in [1.54, 1.807) is 6.20 Å². The van der Waals surface area contributed by atoms with Gasteiger partial charge in [-0.05, 0) is 61.7 Å². The maximum Gasteiger partial charge on any atom is 0.237 e. The van der Waals surface area contributed by atoms with Gasteiger partial charge in [-0.25, -0.2) is 4.98 Å². The third kappa shape index (κ3) is 3.21. The van der Waals surface area contributed by atoms with Gasteiger partial charge in [-0.1, -0.05) is 25.8 Å². The van der Waals surface area contributed by atoms with Crippen LogP contribution in [0.25, 0.3) is 23.2 Å². The van der Waals surface area contributed by atoms with E-state index in [1.807, 2.05) is 49.2 Å². The highest BCUT2D eigenvalue weighted by molar-refractivity contribution is 6.09. The van der Waals surface area contributed by atoms with Crippen molar-refractivity contribution in [3.05, 3.63) is 53.6 Å². The molecule has 28 heavy (non-hydrogen) atoms. The predicted molar refractivity (Wildman–Crippen MR) is 114 cm³/mol. The number of H-pyrrole nitrogens is 1. The Labute approximate surface area is 165 Å². The highest BCUT2D eigenvalue weighted by Gasteiger charge is 2.43. The van der Waals surface area contributed by atoms with Crippen LogP contribution in [0.15, 0.2) is 36.7 Å². The SMILES string of the molecule is CCCCCN1C(=O)C(C)(C)c2cc3nc(/C=C/c4cccnc4)[nH]c3cc21. The highest BCUT2D eigenvalue weighted by atomic mass is 16.2. The van der Waals surface area contributed by atoms with E-state index >= 15 is 0 Å². The van der Waals surface area contributed by atoms with Gasteiger partial charge < -0.3 is 9.88 Å². The van der Waals surface area contributed by atoms with Crippen molar-refractivity contribution in [2.45, 2.75) is 45.4 Å². The van der Waals surface area contributed by atoms with Gasteiger partial charge in [0, 0.05) is 18.9 Å². The number of aromatic nitrogens is 3. The monoisotopic (exact) mass is 374 g/mol. The van der Waals surface area contributed by atoms with Crippen LogP contribution < -0.4 is 4.90 Å². The molecule has 0 fully saturated rings. The summed E-state index contributed by atoms with van der Waals surface area (Å²) in [6.45, 7) is 6.97. The molecule has 3 aromatic rings. The second-order valence-electron chi connectivity index (χ2n) is 7.92. The van der Waals surface area contributed by atoms with Crippen LogP contribution in [0.4, 0.5) is 5.69 Å². The molecule has 2 aromatic heterocycles. The maximum atomic E-state index is 13.0. The van der Waals surface area contributed by atoms with Crippen LogP contribution in [-0.4, -0.2) is 27.4 Å². The first-order valence-electron chi connectivity index (χ1n) is 9.95. The molecule has 0 bridgehead atoms. The molecule has 1 aromatic carbocycles. The third-order valence-corrected chi connectivity index (χ3v) is 5.46. The Morgan fingerprint density at radius 1 is 1.21 bits per heavy atom. The molecular weight excluding hydrogens is 348 g/mol. The molecule has 0 aliphatic carbocycles. The summed E-state index contributed by atoms with van der Waals surface area (Å²) in [6.07, 6.45) is 10.8. The van der Waals surface area contributed by atoms with E-state index in [0.29, 0.717) is 0 Å². The van der Waals surface area contributed by atoms with Gasteiger partial charge in [0.1, 0.15) is 5.82 Å². The van der Waals surface area contributed by atoms with Gasteiger partial charge >= 0.3 is 0 Å². The smallest absolute Gasteiger partial charge is 0.237 e. The summed E-state index contributed by atoms with van der Waals surface area (Å²) >= 11 is 0. The quantitative estimate of drug-likeness (QED) is 0.622. The number of hydrogen-bond acceptors (Lipinski definition) is 3. The summed E-state index contributed by atoms with van der Waals surface area (Å²) in [4.78, 5) is 27.1. The number of nitrogens with one attached hydrogen (secondary N) is 1. The first kappa shape index (κ1) is 18.4. The standard InChI is InChI=1S/C23H26N4O/c1-4-5-6-12-27-20-14-19-18(13-17(20)23(2,3)22(27)28)25-21(26-19)10-9-16-8-7-11-24-15-16/h7-11,13-15H,4-6,12H2,1-3H3,(H,25,26)/b10-9+. The van der Waals surface area contributed by atoms with Gasteiger partial charge in [0.2, 0.25) is 5.91 Å². The van der Waals surface area contributed by atoms with Gasteiger partial charge in [0.15, 0.2) is 0 Å². The van der Waals surface area contributed by atoms with Crippen LogP contribution >= 0.6 is 0 Å². The summed E-state index contributed by atoms with van der Waals surface area (Å²) in [5.41, 5.74) is 4.44. The summed E-state index contributed by atoms with van der Waals surface area (Å²) < 4.78 is 0. The van der Waals surface area contributed by atoms with Gasteiger partial charge in [-0.3, -0.25) is 9.78 Å². The van der Waals surface area contributed by atoms with Crippen molar-refractivity contribution in [3.63, 3.8) is 0 Å². The maximum absolute atomic E-state index is 13.0. The van der Waals surface area contributed by atoms with Crippen molar-refractivity contribution in [1.82, 2.24) is 15.0 Å². The zero-order valence-corrected chi connectivity index (χ0v) is 16.7. The summed E-state index contributed by atoms with van der Waals surface area (Å²) in [7, 11) is 0. The van der Waals surface area contributed by atoms with Crippen LogP contribution in [0, 0.1) is 0 Å². The number of hydrogen-bond donors (Lipinski definition) is 1. The molecule has 4 rings (SSSR count). The molecule has 1 N–H and O–H groups in total. The molecule has 0 saturated heterocycles. The van der Waals surface area contributed by atoms with Crippen LogP contribution in [0.5, 0.6) is 0 Å². The van der Waals surface area contributed by atoms with Crippen LogP contribution in [0.2, 0.25) is 0 Å². The lowest BCUT2D eigenvalue weighted by molar-refractivity contribution is -0.122. The van der Waals surface area contributed by atoms with E-state index in [0.717, 1.165) is 59.5 Å². The number of rotatable bonds is 6. The van der Waals surface area contributed by atoms with E-state index < -0.39 is 5.41 Å². The fourth-order valence-electron chi connectivity index (χ4n) is 3.82. The minimum Gasteiger partial charge on any atom is -0.338 e. The normalized spacial score (nSPS) is 15.7. The lowest BCUT2D eigenvalue weighted by atomic mass is 9.86. The number of carbonyl (C=O) groups is 1. The molecule has 1 amide bonds. The molecule has 0 spiro atoms. The van der Waals surface area contributed by atoms with Gasteiger partial charge in [0.05, 0.1) is 22.1 Å². The Morgan fingerprint density at radius 3 is 2.82 bits per heavy atom. The van der Waals surface area contributed by atoms with Crippen molar-refractivity contribution in [2.24, 2.45) is 0 Å². The average molecular weight is 374 g/mol. The molecule has 1 aliphatic rings. The lowest BCUT2D eigenvalue weighted by Gasteiger charge is -2.20. The lowest BCUT2D eigenvalue weighted by Crippen LogP contribution is -2.36. The molecule has 5 nitrogen and oxygen atoms in total. The van der Waals surface area contributed by atoms with E-state index in [2.05, 4.69) is 29.0 Å². The molecular formula is C23H26N4O. The van der Waals surface area contributed by atoms with Crippen molar-refractivity contribution in [1.29, 1.82) is 0 Å². The Balaban J connectivity index is 1.69. The first-order chi connectivity index (χ1) is 13.5. The summed E-state index contributed by atoms with van der Waals surface area (Å²) in [5.74, 6) is 0.979. The second-order valence-corrected chi connectivity index (χ2v) is 7.92. The van der Waals surface area contributed by atoms with Crippen LogP contribution in [0.3, 0.4) is 0 Å². The fraction of sp³-hybridized carbons (Fsp3) is 0.348. The number of benzene rings is 1. The number of imidazole rings is 1. The number of fused-ring (bicyclic) bond motifs is 2. The first-order valence-corrected chi connectivity index (χ1v) is 9.95. The number of anilines is 1. The average Bonchev–Trinajstić information content (AvgIpc) is 3.18. The molecule has 0 unspecified atom stereocenters. The minimum absolute atomic E-state index is 0.183. The Morgan fingerprint density at radius 2 is 2.07 bits per heavy atom. The predicted octanol–water partition coefficient (Wildman–Crippen LogP) is 4.94. The Hall–Kier alpha value is -2.95.